The van der Waals surface area contributed by atoms with Gasteiger partial charge in [-0.3, -0.25) is 9.59 Å². The summed E-state index contributed by atoms with van der Waals surface area (Å²) in [5.41, 5.74) is 0. The predicted octanol–water partition coefficient (Wildman–Crippen LogP) is 10.4. The van der Waals surface area contributed by atoms with E-state index in [0.717, 1.165) is 89.9 Å². The highest BCUT2D eigenvalue weighted by molar-refractivity contribution is 5.71. The minimum absolute atomic E-state index is 0.179. The number of allylic oxidation sites excluding steroid dienone is 12. The Kier molecular flexibility index (Phi) is 34.5. The molecule has 54 heavy (non-hydrogen) atoms. The van der Waals surface area contributed by atoms with Gasteiger partial charge in [0.05, 0.1) is 34.4 Å². The number of aliphatic carboxylic acids is 1. The van der Waals surface area contributed by atoms with Crippen molar-refractivity contribution in [1.29, 1.82) is 0 Å². The van der Waals surface area contributed by atoms with Crippen LogP contribution in [-0.4, -0.2) is 87.4 Å². The number of esters is 2. The van der Waals surface area contributed by atoms with Crippen molar-refractivity contribution in [2.45, 2.75) is 148 Å². The monoisotopic (exact) mass is 759 g/mol. The molecule has 0 fully saturated rings. The fourth-order valence-electron chi connectivity index (χ4n) is 5.01. The zero-order valence-corrected chi connectivity index (χ0v) is 34.6. The van der Waals surface area contributed by atoms with E-state index in [0.29, 0.717) is 17.4 Å². The quantitative estimate of drug-likeness (QED) is 0.0221. The second kappa shape index (κ2) is 36.7. The molecule has 308 valence electrons. The molecule has 0 rings (SSSR count). The molecule has 9 nitrogen and oxygen atoms in total. The number of nitrogens with zero attached hydrogens (tertiary/aromatic N) is 1. The molecule has 1 N–H and O–H groups in total. The summed E-state index contributed by atoms with van der Waals surface area (Å²) in [6.45, 7) is 4.62. The molecule has 0 spiro atoms. The molecule has 0 aliphatic carbocycles. The Hall–Kier alpha value is -3.27. The number of hydrogen-bond donors (Lipinski definition) is 1. The molecule has 9 heteroatoms. The Morgan fingerprint density at radius 2 is 1.06 bits per heavy atom. The number of likely N-dealkylation sites (N-methyl/N-ethyl adjacent to an activating group) is 1. The van der Waals surface area contributed by atoms with Gasteiger partial charge in [-0.1, -0.05) is 132 Å². The molecule has 0 aromatic carbocycles. The fourth-order valence-corrected chi connectivity index (χ4v) is 5.01. The smallest absolute Gasteiger partial charge is 0.361 e. The van der Waals surface area contributed by atoms with Crippen molar-refractivity contribution in [3.05, 3.63) is 72.9 Å². The van der Waals surface area contributed by atoms with Gasteiger partial charge in [0.15, 0.2) is 6.10 Å². The van der Waals surface area contributed by atoms with Crippen LogP contribution >= 0.6 is 0 Å². The van der Waals surface area contributed by atoms with E-state index in [1.165, 1.54) is 12.8 Å². The van der Waals surface area contributed by atoms with Gasteiger partial charge >= 0.3 is 17.9 Å². The lowest BCUT2D eigenvalue weighted by Gasteiger charge is -2.25. The van der Waals surface area contributed by atoms with E-state index < -0.39 is 24.3 Å². The number of carbonyl (C=O) groups is 3. The highest BCUT2D eigenvalue weighted by atomic mass is 16.7. The van der Waals surface area contributed by atoms with E-state index in [1.807, 2.05) is 21.1 Å². The topological polar surface area (TPSA) is 108 Å². The van der Waals surface area contributed by atoms with Crippen LogP contribution in [0.5, 0.6) is 0 Å². The summed E-state index contributed by atoms with van der Waals surface area (Å²) in [7, 11) is 5.92. The number of quaternary nitrogens is 1. The Morgan fingerprint density at radius 3 is 1.57 bits per heavy atom. The maximum absolute atomic E-state index is 12.7. The van der Waals surface area contributed by atoms with Crippen LogP contribution in [0.2, 0.25) is 0 Å². The largest absolute Gasteiger partial charge is 0.477 e. The Labute approximate surface area is 328 Å². The van der Waals surface area contributed by atoms with Gasteiger partial charge < -0.3 is 28.5 Å². The zero-order valence-electron chi connectivity index (χ0n) is 34.6. The van der Waals surface area contributed by atoms with Crippen LogP contribution in [0.4, 0.5) is 0 Å². The SMILES string of the molecule is CC/C=C\C/C=C\C/C=C\C/C=C\C/C=C\C/C=C\CCCCCCC(=O)OC(COC(=O)CCCCCCCC)COC(OCC[N+](C)(C)C)C(=O)O. The van der Waals surface area contributed by atoms with E-state index in [-0.39, 0.29) is 38.6 Å². The minimum Gasteiger partial charge on any atom is -0.477 e. The lowest BCUT2D eigenvalue weighted by Crippen LogP contribution is -2.40. The molecule has 0 heterocycles. The van der Waals surface area contributed by atoms with Crippen LogP contribution < -0.4 is 0 Å². The van der Waals surface area contributed by atoms with Gasteiger partial charge in [-0.25, -0.2) is 4.79 Å². The first-order valence-corrected chi connectivity index (χ1v) is 20.6. The van der Waals surface area contributed by atoms with E-state index in [4.69, 9.17) is 18.9 Å². The predicted molar refractivity (Wildman–Crippen MR) is 221 cm³/mol. The molecule has 0 aromatic heterocycles. The summed E-state index contributed by atoms with van der Waals surface area (Å²) >= 11 is 0. The molecule has 0 aliphatic rings. The van der Waals surface area contributed by atoms with E-state index in [1.54, 1.807) is 0 Å². The van der Waals surface area contributed by atoms with Crippen molar-refractivity contribution in [2.75, 3.05) is 47.5 Å². The summed E-state index contributed by atoms with van der Waals surface area (Å²) in [6, 6.07) is 0. The molecule has 2 atom stereocenters. The van der Waals surface area contributed by atoms with Gasteiger partial charge in [0.2, 0.25) is 0 Å². The van der Waals surface area contributed by atoms with Crippen molar-refractivity contribution in [3.8, 4) is 0 Å². The van der Waals surface area contributed by atoms with E-state index in [9.17, 15) is 19.5 Å². The molecule has 0 saturated heterocycles. The first-order chi connectivity index (χ1) is 26.1. The Balaban J connectivity index is 4.40. The first kappa shape index (κ1) is 50.7. The highest BCUT2D eigenvalue weighted by Crippen LogP contribution is 2.11. The zero-order chi connectivity index (χ0) is 40.0. The van der Waals surface area contributed by atoms with Gasteiger partial charge in [-0.15, -0.1) is 0 Å². The molecule has 2 unspecified atom stereocenters. The lowest BCUT2D eigenvalue weighted by atomic mass is 10.1. The summed E-state index contributed by atoms with van der Waals surface area (Å²) in [5, 5.41) is 9.57. The molecule has 0 bridgehead atoms. The normalized spacial score (nSPS) is 13.7. The van der Waals surface area contributed by atoms with Crippen molar-refractivity contribution >= 4 is 17.9 Å². The number of carbonyl (C=O) groups excluding carboxylic acids is 2. The maximum atomic E-state index is 12.7. The second-order valence-corrected chi connectivity index (χ2v) is 14.6. The van der Waals surface area contributed by atoms with Crippen molar-refractivity contribution in [2.24, 2.45) is 0 Å². The molecule has 0 aliphatic heterocycles. The second-order valence-electron chi connectivity index (χ2n) is 14.6. The third kappa shape index (κ3) is 37.1. The van der Waals surface area contributed by atoms with Crippen molar-refractivity contribution < 1.29 is 42.9 Å². The van der Waals surface area contributed by atoms with Gasteiger partial charge in [0, 0.05) is 12.8 Å². The van der Waals surface area contributed by atoms with Crippen molar-refractivity contribution in [1.82, 2.24) is 0 Å². The lowest BCUT2D eigenvalue weighted by molar-refractivity contribution is -0.870. The van der Waals surface area contributed by atoms with Crippen LogP contribution in [0, 0.1) is 0 Å². The molecule has 0 saturated carbocycles. The maximum Gasteiger partial charge on any atom is 0.361 e. The number of unbranched alkanes of at least 4 members (excludes halogenated alkanes) is 9. The third-order valence-electron chi connectivity index (χ3n) is 8.23. The molecule has 0 amide bonds. The average Bonchev–Trinajstić information content (AvgIpc) is 3.12. The number of carboxylic acid groups (broad SMARTS) is 1. The molecule has 0 aromatic rings. The Morgan fingerprint density at radius 1 is 0.574 bits per heavy atom. The summed E-state index contributed by atoms with van der Waals surface area (Å²) in [5.74, 6) is -2.07. The van der Waals surface area contributed by atoms with Crippen molar-refractivity contribution in [3.63, 3.8) is 0 Å². The minimum atomic E-state index is -1.52. The van der Waals surface area contributed by atoms with Gasteiger partial charge in [-0.2, -0.15) is 0 Å². The number of hydrogen-bond acceptors (Lipinski definition) is 7. The van der Waals surface area contributed by atoms with E-state index in [2.05, 4.69) is 86.8 Å². The highest BCUT2D eigenvalue weighted by Gasteiger charge is 2.25. The van der Waals surface area contributed by atoms with Gasteiger partial charge in [0.1, 0.15) is 13.2 Å². The van der Waals surface area contributed by atoms with Crippen LogP contribution in [0.1, 0.15) is 136 Å². The van der Waals surface area contributed by atoms with Crippen LogP contribution in [-0.2, 0) is 33.3 Å². The number of rotatable bonds is 36. The molecular weight excluding hydrogens is 682 g/mol. The van der Waals surface area contributed by atoms with Crippen LogP contribution in [0.25, 0.3) is 0 Å². The van der Waals surface area contributed by atoms with Crippen LogP contribution in [0.15, 0.2) is 72.9 Å². The molecule has 0 radical (unpaired) electrons. The standard InChI is InChI=1S/C45H75NO8/c1-6-8-10-12-14-15-16-17-18-19-20-21-22-23-24-25-26-27-28-29-30-32-34-36-43(48)54-41(39-52-42(47)35-33-31-13-11-9-7-2)40-53-45(44(49)50)51-38-37-46(3,4)5/h8,10,14-15,17-18,20-21,23-24,26-27,41,45H,6-7,9,11-13,16,19,22,25,28-40H2,1-5H3/p+1/b10-8-,15-14-,18-17-,21-20-,24-23-,27-26-. The summed E-state index contributed by atoms with van der Waals surface area (Å²) in [4.78, 5) is 36.8. The molecular formula is C45H76NO8+. The van der Waals surface area contributed by atoms with Gasteiger partial charge in [0.25, 0.3) is 6.29 Å². The Bertz CT molecular complexity index is 1120. The van der Waals surface area contributed by atoms with Crippen LogP contribution in [0.3, 0.4) is 0 Å². The fraction of sp³-hybridized carbons (Fsp3) is 0.667. The number of carboxylic acids is 1. The summed E-state index contributed by atoms with van der Waals surface area (Å²) < 4.78 is 22.5. The number of ether oxygens (including phenoxy) is 4. The average molecular weight is 759 g/mol. The first-order valence-electron chi connectivity index (χ1n) is 20.6. The summed E-state index contributed by atoms with van der Waals surface area (Å²) in [6.07, 6.45) is 41.4. The third-order valence-corrected chi connectivity index (χ3v) is 8.23. The van der Waals surface area contributed by atoms with E-state index >= 15 is 0 Å². The van der Waals surface area contributed by atoms with Gasteiger partial charge in [-0.05, 0) is 64.2 Å².